The molecule has 23 heavy (non-hydrogen) atoms. The topological polar surface area (TPSA) is 9.23 Å². The molecule has 0 aliphatic heterocycles. The average molecular weight is 358 g/mol. The second-order valence-corrected chi connectivity index (χ2v) is 5.10. The van der Waals surface area contributed by atoms with Crippen LogP contribution in [-0.4, -0.2) is 0 Å². The number of hydrogen-bond donors (Lipinski definition) is 0. The van der Waals surface area contributed by atoms with Gasteiger partial charge in [0.25, 0.3) is 0 Å². The fourth-order valence-electron chi connectivity index (χ4n) is 1.73. The summed E-state index contributed by atoms with van der Waals surface area (Å²) in [7, 11) is 0. The summed E-state index contributed by atoms with van der Waals surface area (Å²) in [6, 6.07) is 18.8. The Bertz CT molecular complexity index is 468. The van der Waals surface area contributed by atoms with Gasteiger partial charge in [0.1, 0.15) is 0 Å². The molecule has 0 atom stereocenters. The fraction of sp³-hybridized carbons (Fsp3) is 0.250. The molecule has 1 nitrogen and oxygen atoms in total. The van der Waals surface area contributed by atoms with E-state index in [1.54, 1.807) is 0 Å². The third-order valence-electron chi connectivity index (χ3n) is 2.69. The number of halogens is 5. The van der Waals surface area contributed by atoms with E-state index in [0.717, 1.165) is 11.3 Å². The van der Waals surface area contributed by atoms with Gasteiger partial charge in [-0.2, -0.15) is 0 Å². The predicted molar refractivity (Wildman–Crippen MR) is 90.0 cm³/mol. The molecule has 0 heterocycles. The lowest BCUT2D eigenvalue weighted by molar-refractivity contribution is 0.364. The summed E-state index contributed by atoms with van der Waals surface area (Å²) in [5.74, 6) is 0. The maximum atomic E-state index is 5.62. The van der Waals surface area contributed by atoms with Gasteiger partial charge in [-0.25, -0.2) is 0 Å². The molecule has 134 valence electrons. The van der Waals surface area contributed by atoms with Crippen molar-refractivity contribution < 1.29 is 27.7 Å². The Morgan fingerprint density at radius 1 is 0.739 bits per heavy atom. The van der Waals surface area contributed by atoms with E-state index in [0.29, 0.717) is 6.61 Å². The van der Waals surface area contributed by atoms with E-state index < -0.39 is 0 Å². The second-order valence-electron chi connectivity index (χ2n) is 4.23. The van der Waals surface area contributed by atoms with Crippen LogP contribution in [0.4, 0.5) is 23.5 Å². The number of rotatable bonds is 6. The zero-order valence-electron chi connectivity index (χ0n) is 12.7. The third-order valence-corrected chi connectivity index (χ3v) is 3.39. The summed E-state index contributed by atoms with van der Waals surface area (Å²) >= 11 is 1.43. The van der Waals surface area contributed by atoms with Gasteiger partial charge in [0.05, 0.1) is 6.61 Å². The molecular formula is C16H23F5OS. The minimum Gasteiger partial charge on any atom is -0.305 e. The van der Waals surface area contributed by atoms with Crippen LogP contribution in [0.5, 0.6) is 0 Å². The molecule has 0 spiro atoms. The van der Waals surface area contributed by atoms with Crippen LogP contribution in [0, 0.1) is 0 Å². The molecule has 0 aliphatic carbocycles. The first-order valence-electron chi connectivity index (χ1n) is 6.31. The van der Waals surface area contributed by atoms with E-state index in [9.17, 15) is 0 Å². The molecule has 2 aromatic carbocycles. The van der Waals surface area contributed by atoms with Crippen LogP contribution >= 0.6 is 12.0 Å². The van der Waals surface area contributed by atoms with Gasteiger partial charge in [0, 0.05) is 16.9 Å². The summed E-state index contributed by atoms with van der Waals surface area (Å²) in [4.78, 5) is 1.14. The Morgan fingerprint density at radius 3 is 1.78 bits per heavy atom. The second kappa shape index (κ2) is 16.8. The Labute approximate surface area is 137 Å². The van der Waals surface area contributed by atoms with Crippen LogP contribution in [0.1, 0.15) is 24.5 Å². The number of benzene rings is 2. The highest BCUT2D eigenvalue weighted by atomic mass is 32.2. The normalized spacial score (nSPS) is 8.22. The molecule has 0 fully saturated rings. The van der Waals surface area contributed by atoms with Crippen LogP contribution in [0.2, 0.25) is 0 Å². The molecule has 0 aromatic heterocycles. The molecule has 2 aromatic rings. The van der Waals surface area contributed by atoms with Gasteiger partial charge in [0.15, 0.2) is 0 Å². The Balaban J connectivity index is -0.000000361. The summed E-state index contributed by atoms with van der Waals surface area (Å²) in [6.07, 6.45) is 2.35. The first-order valence-corrected chi connectivity index (χ1v) is 7.05. The minimum absolute atomic E-state index is 0. The van der Waals surface area contributed by atoms with Crippen LogP contribution in [0.15, 0.2) is 59.5 Å². The first-order chi connectivity index (χ1) is 8.88. The molecule has 0 radical (unpaired) electrons. The van der Waals surface area contributed by atoms with Crippen molar-refractivity contribution in [3.8, 4) is 0 Å². The van der Waals surface area contributed by atoms with Gasteiger partial charge in [-0.15, -0.1) is 0 Å². The van der Waals surface area contributed by atoms with E-state index in [1.165, 1.54) is 29.6 Å². The van der Waals surface area contributed by atoms with Crippen molar-refractivity contribution in [3.05, 3.63) is 65.7 Å². The minimum atomic E-state index is 0. The molecule has 7 heteroatoms. The average Bonchev–Trinajstić information content (AvgIpc) is 2.42. The van der Waals surface area contributed by atoms with E-state index in [2.05, 4.69) is 43.3 Å². The summed E-state index contributed by atoms with van der Waals surface area (Å²) in [6.45, 7) is 2.85. The van der Waals surface area contributed by atoms with E-state index in [1.807, 2.05) is 18.2 Å². The third kappa shape index (κ3) is 10.7. The highest BCUT2D eigenvalue weighted by molar-refractivity contribution is 7.94. The van der Waals surface area contributed by atoms with Gasteiger partial charge in [-0.1, -0.05) is 55.8 Å². The van der Waals surface area contributed by atoms with Crippen molar-refractivity contribution in [2.45, 2.75) is 31.3 Å². The van der Waals surface area contributed by atoms with Crippen molar-refractivity contribution in [1.82, 2.24) is 0 Å². The molecule has 0 amide bonds. The maximum absolute atomic E-state index is 5.62. The van der Waals surface area contributed by atoms with Crippen molar-refractivity contribution in [3.63, 3.8) is 0 Å². The predicted octanol–water partition coefficient (Wildman–Crippen LogP) is 5.63. The van der Waals surface area contributed by atoms with Crippen molar-refractivity contribution in [2.75, 3.05) is 0 Å². The molecule has 2 rings (SSSR count). The molecule has 0 saturated heterocycles. The van der Waals surface area contributed by atoms with Gasteiger partial charge in [-0.3, -0.25) is 23.5 Å². The molecule has 0 bridgehead atoms. The highest BCUT2D eigenvalue weighted by Gasteiger charge is 1.97. The Hall–Kier alpha value is -1.60. The Kier molecular flexibility index (Phi) is 21.4. The van der Waals surface area contributed by atoms with E-state index in [4.69, 9.17) is 4.18 Å². The van der Waals surface area contributed by atoms with Gasteiger partial charge in [-0.05, 0) is 29.7 Å². The zero-order valence-corrected chi connectivity index (χ0v) is 13.5. The molecule has 0 saturated carbocycles. The van der Waals surface area contributed by atoms with E-state index in [-0.39, 0.29) is 23.5 Å². The maximum Gasteiger partial charge on any atom is 0.0869 e. The van der Waals surface area contributed by atoms with E-state index >= 15 is 0 Å². The lowest BCUT2D eigenvalue weighted by atomic mass is 10.1. The zero-order chi connectivity index (χ0) is 12.6. The summed E-state index contributed by atoms with van der Waals surface area (Å²) in [5.41, 5.74) is 2.62. The largest absolute Gasteiger partial charge is 0.305 e. The van der Waals surface area contributed by atoms with Crippen molar-refractivity contribution >= 4 is 12.0 Å². The lowest BCUT2D eigenvalue weighted by Gasteiger charge is -2.04. The molecule has 0 unspecified atom stereocenters. The molecule has 0 N–H and O–H groups in total. The number of hydrogen-bond acceptors (Lipinski definition) is 2. The van der Waals surface area contributed by atoms with Crippen LogP contribution in [0.25, 0.3) is 0 Å². The Morgan fingerprint density at radius 2 is 1.26 bits per heavy atom. The van der Waals surface area contributed by atoms with Crippen LogP contribution < -0.4 is 0 Å². The smallest absolute Gasteiger partial charge is 0.0869 e. The van der Waals surface area contributed by atoms with Crippen molar-refractivity contribution in [2.24, 2.45) is 0 Å². The van der Waals surface area contributed by atoms with Crippen LogP contribution in [0.3, 0.4) is 0 Å². The lowest BCUT2D eigenvalue weighted by Crippen LogP contribution is -1.88. The van der Waals surface area contributed by atoms with Gasteiger partial charge in [0.2, 0.25) is 0 Å². The quantitative estimate of drug-likeness (QED) is 0.489. The fourth-order valence-corrected chi connectivity index (χ4v) is 2.33. The summed E-state index contributed by atoms with van der Waals surface area (Å²) in [5, 5.41) is 0. The SMILES string of the molecule is CCCc1ccc(COSc2ccccc2)cc1.F.F.F.F.F. The summed E-state index contributed by atoms with van der Waals surface area (Å²) < 4.78 is 5.62. The highest BCUT2D eigenvalue weighted by Crippen LogP contribution is 2.20. The first kappa shape index (κ1) is 29.4. The standard InChI is InChI=1S/C16H18OS.5FH/c1-2-6-14-9-11-15(12-10-14)13-17-18-16-7-4-3-5-8-16;;;;;/h3-5,7-12H,2,6,13H2,1H3;5*1H. The van der Waals surface area contributed by atoms with Crippen molar-refractivity contribution in [1.29, 1.82) is 0 Å². The molecule has 0 aliphatic rings. The van der Waals surface area contributed by atoms with Gasteiger partial charge < -0.3 is 4.18 Å². The molecular weight excluding hydrogens is 335 g/mol. The monoisotopic (exact) mass is 358 g/mol. The van der Waals surface area contributed by atoms with Crippen LogP contribution in [-0.2, 0) is 17.2 Å². The number of aryl methyl sites for hydroxylation is 1. The van der Waals surface area contributed by atoms with Gasteiger partial charge >= 0.3 is 0 Å².